The second-order valence-corrected chi connectivity index (χ2v) is 6.91. The Morgan fingerprint density at radius 1 is 1.10 bits per heavy atom. The Hall–Kier alpha value is -1.06. The van der Waals surface area contributed by atoms with Crippen LogP contribution in [-0.2, 0) is 4.74 Å². The molecule has 1 unspecified atom stereocenters. The fourth-order valence-electron chi connectivity index (χ4n) is 3.30. The van der Waals surface area contributed by atoms with Crippen molar-refractivity contribution in [2.24, 2.45) is 11.1 Å². The van der Waals surface area contributed by atoms with Crippen molar-refractivity contribution in [1.82, 2.24) is 0 Å². The Kier molecular flexibility index (Phi) is 4.95. The highest BCUT2D eigenvalue weighted by Crippen LogP contribution is 2.46. The molecule has 1 aromatic carbocycles. The highest BCUT2D eigenvalue weighted by molar-refractivity contribution is 5.30. The first-order chi connectivity index (χ1) is 9.92. The van der Waals surface area contributed by atoms with E-state index < -0.39 is 0 Å². The molecule has 1 atom stereocenters. The van der Waals surface area contributed by atoms with Gasteiger partial charge in [-0.2, -0.15) is 0 Å². The molecule has 1 saturated carbocycles. The molecule has 1 aromatic rings. The molecule has 0 aromatic heterocycles. The Labute approximate surface area is 128 Å². The molecule has 0 heterocycles. The minimum Gasteiger partial charge on any atom is -0.497 e. The van der Waals surface area contributed by atoms with E-state index in [0.29, 0.717) is 12.0 Å². The first-order valence-corrected chi connectivity index (χ1v) is 7.96. The summed E-state index contributed by atoms with van der Waals surface area (Å²) in [7, 11) is 1.68. The standard InChI is InChI=1S/C18H29NO2/c1-5-21-18(12-10-17(2,3)11-13-18)16(19)14-6-8-15(20-4)9-7-14/h6-9,16H,5,10-13,19H2,1-4H3. The zero-order chi connectivity index (χ0) is 15.5. The molecule has 1 aliphatic rings. The maximum Gasteiger partial charge on any atom is 0.118 e. The van der Waals surface area contributed by atoms with E-state index in [2.05, 4.69) is 32.9 Å². The third kappa shape index (κ3) is 3.58. The van der Waals surface area contributed by atoms with Crippen LogP contribution in [0.1, 0.15) is 58.1 Å². The number of hydrogen-bond donors (Lipinski definition) is 1. The highest BCUT2D eigenvalue weighted by Gasteiger charge is 2.43. The maximum absolute atomic E-state index is 6.61. The molecule has 0 amide bonds. The highest BCUT2D eigenvalue weighted by atomic mass is 16.5. The Morgan fingerprint density at radius 3 is 2.14 bits per heavy atom. The molecule has 1 aliphatic carbocycles. The Bertz CT molecular complexity index is 443. The number of benzene rings is 1. The average molecular weight is 291 g/mol. The average Bonchev–Trinajstić information content (AvgIpc) is 2.49. The van der Waals surface area contributed by atoms with Gasteiger partial charge >= 0.3 is 0 Å². The van der Waals surface area contributed by atoms with E-state index in [4.69, 9.17) is 15.2 Å². The predicted molar refractivity (Wildman–Crippen MR) is 86.5 cm³/mol. The van der Waals surface area contributed by atoms with Crippen LogP contribution in [-0.4, -0.2) is 19.3 Å². The molecule has 3 nitrogen and oxygen atoms in total. The van der Waals surface area contributed by atoms with Gasteiger partial charge in [-0.3, -0.25) is 0 Å². The SMILES string of the molecule is CCOC1(C(N)c2ccc(OC)cc2)CCC(C)(C)CC1. The molecule has 2 N–H and O–H groups in total. The van der Waals surface area contributed by atoms with Crippen LogP contribution in [0.3, 0.4) is 0 Å². The Balaban J connectivity index is 2.20. The molecule has 3 heteroatoms. The fraction of sp³-hybridized carbons (Fsp3) is 0.667. The van der Waals surface area contributed by atoms with Crippen LogP contribution < -0.4 is 10.5 Å². The summed E-state index contributed by atoms with van der Waals surface area (Å²) in [5.74, 6) is 0.862. The zero-order valence-electron chi connectivity index (χ0n) is 13.8. The number of methoxy groups -OCH3 is 1. The van der Waals surface area contributed by atoms with Crippen LogP contribution in [0.2, 0.25) is 0 Å². The molecule has 2 rings (SSSR count). The summed E-state index contributed by atoms with van der Waals surface area (Å²) in [5, 5.41) is 0. The topological polar surface area (TPSA) is 44.5 Å². The van der Waals surface area contributed by atoms with Crippen molar-refractivity contribution in [3.63, 3.8) is 0 Å². The van der Waals surface area contributed by atoms with Gasteiger partial charge in [0.15, 0.2) is 0 Å². The summed E-state index contributed by atoms with van der Waals surface area (Å²) >= 11 is 0. The van der Waals surface area contributed by atoms with Gasteiger partial charge in [-0.1, -0.05) is 26.0 Å². The summed E-state index contributed by atoms with van der Waals surface area (Å²) in [6, 6.07) is 7.98. The first-order valence-electron chi connectivity index (χ1n) is 7.96. The molecule has 118 valence electrons. The van der Waals surface area contributed by atoms with Crippen molar-refractivity contribution < 1.29 is 9.47 Å². The molecule has 0 saturated heterocycles. The predicted octanol–water partition coefficient (Wildman–Crippen LogP) is 4.07. The van der Waals surface area contributed by atoms with Crippen molar-refractivity contribution >= 4 is 0 Å². The van der Waals surface area contributed by atoms with Gasteiger partial charge in [-0.25, -0.2) is 0 Å². The van der Waals surface area contributed by atoms with E-state index in [9.17, 15) is 0 Å². The largest absolute Gasteiger partial charge is 0.497 e. The molecule has 21 heavy (non-hydrogen) atoms. The Morgan fingerprint density at radius 2 is 1.67 bits per heavy atom. The van der Waals surface area contributed by atoms with E-state index >= 15 is 0 Å². The second-order valence-electron chi connectivity index (χ2n) is 6.91. The lowest BCUT2D eigenvalue weighted by Gasteiger charge is -2.46. The number of nitrogens with two attached hydrogens (primary N) is 1. The van der Waals surface area contributed by atoms with Crippen molar-refractivity contribution in [3.8, 4) is 5.75 Å². The lowest BCUT2D eigenvalue weighted by molar-refractivity contribution is -0.100. The third-order valence-electron chi connectivity index (χ3n) is 4.92. The summed E-state index contributed by atoms with van der Waals surface area (Å²) in [6.07, 6.45) is 4.38. The summed E-state index contributed by atoms with van der Waals surface area (Å²) < 4.78 is 11.4. The monoisotopic (exact) mass is 291 g/mol. The number of rotatable bonds is 5. The van der Waals surface area contributed by atoms with Crippen molar-refractivity contribution in [2.45, 2.75) is 58.1 Å². The van der Waals surface area contributed by atoms with Crippen LogP contribution in [0.25, 0.3) is 0 Å². The second kappa shape index (κ2) is 6.37. The maximum atomic E-state index is 6.61. The van der Waals surface area contributed by atoms with Gasteiger partial charge < -0.3 is 15.2 Å². The number of ether oxygens (including phenoxy) is 2. The van der Waals surface area contributed by atoms with E-state index in [1.165, 1.54) is 0 Å². The van der Waals surface area contributed by atoms with E-state index in [0.717, 1.165) is 37.0 Å². The minimum atomic E-state index is -0.223. The smallest absolute Gasteiger partial charge is 0.118 e. The molecule has 0 aliphatic heterocycles. The molecule has 0 radical (unpaired) electrons. The van der Waals surface area contributed by atoms with Gasteiger partial charge in [0.05, 0.1) is 18.8 Å². The molecular weight excluding hydrogens is 262 g/mol. The van der Waals surface area contributed by atoms with Gasteiger partial charge in [0.2, 0.25) is 0 Å². The van der Waals surface area contributed by atoms with E-state index in [-0.39, 0.29) is 11.6 Å². The fourth-order valence-corrected chi connectivity index (χ4v) is 3.30. The van der Waals surface area contributed by atoms with Gasteiger partial charge in [0, 0.05) is 6.61 Å². The van der Waals surface area contributed by atoms with Crippen LogP contribution in [0.4, 0.5) is 0 Å². The third-order valence-corrected chi connectivity index (χ3v) is 4.92. The van der Waals surface area contributed by atoms with E-state index in [1.54, 1.807) is 7.11 Å². The minimum absolute atomic E-state index is 0.0838. The molecule has 0 spiro atoms. The van der Waals surface area contributed by atoms with Crippen molar-refractivity contribution in [3.05, 3.63) is 29.8 Å². The quantitative estimate of drug-likeness (QED) is 0.889. The summed E-state index contributed by atoms with van der Waals surface area (Å²) in [5.41, 5.74) is 7.91. The van der Waals surface area contributed by atoms with Crippen LogP contribution in [0.15, 0.2) is 24.3 Å². The van der Waals surface area contributed by atoms with Crippen molar-refractivity contribution in [1.29, 1.82) is 0 Å². The van der Waals surface area contributed by atoms with E-state index in [1.807, 2.05) is 12.1 Å². The van der Waals surface area contributed by atoms with Crippen LogP contribution in [0, 0.1) is 5.41 Å². The van der Waals surface area contributed by atoms with Gasteiger partial charge in [-0.15, -0.1) is 0 Å². The van der Waals surface area contributed by atoms with Crippen LogP contribution in [0.5, 0.6) is 5.75 Å². The first kappa shape index (κ1) is 16.3. The van der Waals surface area contributed by atoms with Crippen LogP contribution >= 0.6 is 0 Å². The summed E-state index contributed by atoms with van der Waals surface area (Å²) in [4.78, 5) is 0. The lowest BCUT2D eigenvalue weighted by atomic mass is 9.67. The lowest BCUT2D eigenvalue weighted by Crippen LogP contribution is -2.48. The zero-order valence-corrected chi connectivity index (χ0v) is 13.8. The normalized spacial score (nSPS) is 21.8. The molecule has 0 bridgehead atoms. The van der Waals surface area contributed by atoms with Gasteiger partial charge in [0.1, 0.15) is 5.75 Å². The number of hydrogen-bond acceptors (Lipinski definition) is 3. The molecule has 1 fully saturated rings. The summed E-state index contributed by atoms with van der Waals surface area (Å²) in [6.45, 7) is 7.44. The van der Waals surface area contributed by atoms with Gasteiger partial charge in [-0.05, 0) is 55.7 Å². The van der Waals surface area contributed by atoms with Crippen molar-refractivity contribution in [2.75, 3.05) is 13.7 Å². The van der Waals surface area contributed by atoms with Gasteiger partial charge in [0.25, 0.3) is 0 Å². The molecular formula is C18H29NO2.